The van der Waals surface area contributed by atoms with E-state index in [0.717, 1.165) is 0 Å². The standard InChI is InChI=1S/C27H30Cl2N4O4/c1-4-37-26(35)23-22(31(3)27(36)30-24(23)19-6-5-7-21(29)14-19)16-32-12-13-33(17(2)15-32)25(34)18-8-10-20(28)11-9-18/h5-11,14,17,24H,4,12-13,15-16H2,1-3H3,(H,30,36). The van der Waals surface area contributed by atoms with Gasteiger partial charge in [-0.25, -0.2) is 9.59 Å². The Morgan fingerprint density at radius 3 is 2.46 bits per heavy atom. The summed E-state index contributed by atoms with van der Waals surface area (Å²) in [6, 6.07) is 12.9. The minimum Gasteiger partial charge on any atom is -0.463 e. The number of likely N-dealkylation sites (N-methyl/N-ethyl adjacent to an activating group) is 1. The summed E-state index contributed by atoms with van der Waals surface area (Å²) < 4.78 is 5.40. The molecule has 3 amide bonds. The van der Waals surface area contributed by atoms with Crippen LogP contribution in [0.25, 0.3) is 0 Å². The fourth-order valence-electron chi connectivity index (χ4n) is 4.78. The predicted molar refractivity (Wildman–Crippen MR) is 143 cm³/mol. The molecule has 2 heterocycles. The number of carbonyl (C=O) groups is 3. The van der Waals surface area contributed by atoms with E-state index >= 15 is 0 Å². The fourth-order valence-corrected chi connectivity index (χ4v) is 5.11. The monoisotopic (exact) mass is 544 g/mol. The lowest BCUT2D eigenvalue weighted by atomic mass is 9.94. The molecule has 2 unspecified atom stereocenters. The van der Waals surface area contributed by atoms with Gasteiger partial charge >= 0.3 is 12.0 Å². The van der Waals surface area contributed by atoms with Gasteiger partial charge in [0, 0.05) is 60.6 Å². The molecule has 0 saturated carbocycles. The summed E-state index contributed by atoms with van der Waals surface area (Å²) in [5.41, 5.74) is 2.22. The Morgan fingerprint density at radius 1 is 1.08 bits per heavy atom. The zero-order valence-electron chi connectivity index (χ0n) is 21.0. The first-order valence-electron chi connectivity index (χ1n) is 12.2. The predicted octanol–water partition coefficient (Wildman–Crippen LogP) is 4.35. The molecule has 0 bridgehead atoms. The van der Waals surface area contributed by atoms with Gasteiger partial charge in [0.1, 0.15) is 0 Å². The van der Waals surface area contributed by atoms with Crippen molar-refractivity contribution < 1.29 is 19.1 Å². The van der Waals surface area contributed by atoms with E-state index in [0.29, 0.717) is 58.6 Å². The summed E-state index contributed by atoms with van der Waals surface area (Å²) >= 11 is 12.2. The van der Waals surface area contributed by atoms with Gasteiger partial charge in [-0.3, -0.25) is 14.6 Å². The molecule has 2 atom stereocenters. The SMILES string of the molecule is CCOC(=O)C1=C(CN2CCN(C(=O)c3ccc(Cl)cc3)C(C)C2)N(C)C(=O)NC1c1cccc(Cl)c1. The van der Waals surface area contributed by atoms with E-state index in [4.69, 9.17) is 27.9 Å². The van der Waals surface area contributed by atoms with Gasteiger partial charge in [-0.2, -0.15) is 0 Å². The first-order valence-corrected chi connectivity index (χ1v) is 12.9. The van der Waals surface area contributed by atoms with Gasteiger partial charge in [0.15, 0.2) is 0 Å². The highest BCUT2D eigenvalue weighted by molar-refractivity contribution is 6.31. The molecule has 2 aliphatic heterocycles. The van der Waals surface area contributed by atoms with E-state index in [9.17, 15) is 14.4 Å². The zero-order valence-corrected chi connectivity index (χ0v) is 22.6. The maximum absolute atomic E-state index is 13.2. The third kappa shape index (κ3) is 5.92. The minimum absolute atomic E-state index is 0.0505. The van der Waals surface area contributed by atoms with Crippen LogP contribution in [0, 0.1) is 0 Å². The number of nitrogens with one attached hydrogen (secondary N) is 1. The van der Waals surface area contributed by atoms with E-state index in [2.05, 4.69) is 10.2 Å². The number of urea groups is 1. The Bertz CT molecular complexity index is 1220. The molecule has 4 rings (SSSR count). The molecule has 1 N–H and O–H groups in total. The molecule has 1 fully saturated rings. The van der Waals surface area contributed by atoms with Crippen LogP contribution in [0.4, 0.5) is 4.79 Å². The number of amides is 3. The van der Waals surface area contributed by atoms with Gasteiger partial charge < -0.3 is 15.0 Å². The van der Waals surface area contributed by atoms with Gasteiger partial charge in [-0.05, 0) is 55.8 Å². The molecule has 2 aliphatic rings. The summed E-state index contributed by atoms with van der Waals surface area (Å²) in [7, 11) is 1.64. The molecule has 10 heteroatoms. The van der Waals surface area contributed by atoms with Crippen LogP contribution in [0.1, 0.15) is 35.8 Å². The van der Waals surface area contributed by atoms with Crippen LogP contribution in [0.2, 0.25) is 10.0 Å². The Hall–Kier alpha value is -3.07. The van der Waals surface area contributed by atoms with Crippen molar-refractivity contribution in [1.29, 1.82) is 0 Å². The van der Waals surface area contributed by atoms with Gasteiger partial charge in [-0.15, -0.1) is 0 Å². The van der Waals surface area contributed by atoms with Gasteiger partial charge in [0.25, 0.3) is 5.91 Å². The van der Waals surface area contributed by atoms with Crippen molar-refractivity contribution in [3.05, 3.63) is 81.0 Å². The number of esters is 1. The lowest BCUT2D eigenvalue weighted by molar-refractivity contribution is -0.139. The molecule has 0 spiro atoms. The largest absolute Gasteiger partial charge is 0.463 e. The summed E-state index contributed by atoms with van der Waals surface area (Å²) in [6.07, 6.45) is 0. The zero-order chi connectivity index (χ0) is 26.7. The van der Waals surface area contributed by atoms with E-state index in [1.54, 1.807) is 56.4 Å². The molecule has 196 valence electrons. The Kier molecular flexibility index (Phi) is 8.42. The lowest BCUT2D eigenvalue weighted by Gasteiger charge is -2.42. The molecule has 0 aromatic heterocycles. The lowest BCUT2D eigenvalue weighted by Crippen LogP contribution is -2.56. The third-order valence-electron chi connectivity index (χ3n) is 6.69. The molecule has 0 radical (unpaired) electrons. The van der Waals surface area contributed by atoms with Gasteiger partial charge in [0.05, 0.1) is 18.2 Å². The number of carbonyl (C=O) groups excluding carboxylic acids is 3. The number of ether oxygens (including phenoxy) is 1. The minimum atomic E-state index is -0.693. The van der Waals surface area contributed by atoms with Crippen LogP contribution in [-0.2, 0) is 9.53 Å². The second-order valence-electron chi connectivity index (χ2n) is 9.17. The number of nitrogens with zero attached hydrogens (tertiary/aromatic N) is 3. The van der Waals surface area contributed by atoms with Crippen LogP contribution in [0.5, 0.6) is 0 Å². The number of piperazine rings is 1. The fraction of sp³-hybridized carbons (Fsp3) is 0.370. The number of rotatable bonds is 6. The highest BCUT2D eigenvalue weighted by atomic mass is 35.5. The molecular weight excluding hydrogens is 515 g/mol. The van der Waals surface area contributed by atoms with Crippen molar-refractivity contribution in [2.75, 3.05) is 39.8 Å². The Labute approximate surface area is 226 Å². The second-order valence-corrected chi connectivity index (χ2v) is 10.0. The summed E-state index contributed by atoms with van der Waals surface area (Å²) in [5, 5.41) is 3.99. The summed E-state index contributed by atoms with van der Waals surface area (Å²) in [4.78, 5) is 44.7. The second kappa shape index (κ2) is 11.5. The molecule has 2 aromatic carbocycles. The quantitative estimate of drug-likeness (QED) is 0.546. The highest BCUT2D eigenvalue weighted by Gasteiger charge is 2.38. The van der Waals surface area contributed by atoms with Crippen LogP contribution in [0.15, 0.2) is 59.8 Å². The van der Waals surface area contributed by atoms with Crippen molar-refractivity contribution in [3.8, 4) is 0 Å². The molecule has 0 aliphatic carbocycles. The van der Waals surface area contributed by atoms with Gasteiger partial charge in [0.2, 0.25) is 0 Å². The number of benzene rings is 2. The highest BCUT2D eigenvalue weighted by Crippen LogP contribution is 2.33. The van der Waals surface area contributed by atoms with Crippen molar-refractivity contribution in [2.45, 2.75) is 25.9 Å². The van der Waals surface area contributed by atoms with Crippen LogP contribution < -0.4 is 5.32 Å². The van der Waals surface area contributed by atoms with Crippen LogP contribution >= 0.6 is 23.2 Å². The smallest absolute Gasteiger partial charge is 0.338 e. The first kappa shape index (κ1) is 27.0. The molecule has 2 aromatic rings. The maximum atomic E-state index is 13.2. The summed E-state index contributed by atoms with van der Waals surface area (Å²) in [6.45, 7) is 5.97. The molecule has 8 nitrogen and oxygen atoms in total. The Morgan fingerprint density at radius 2 is 1.81 bits per heavy atom. The topological polar surface area (TPSA) is 82.2 Å². The van der Waals surface area contributed by atoms with E-state index in [1.165, 1.54) is 4.90 Å². The summed E-state index contributed by atoms with van der Waals surface area (Å²) in [5.74, 6) is -0.538. The van der Waals surface area contributed by atoms with Crippen LogP contribution in [-0.4, -0.2) is 78.5 Å². The maximum Gasteiger partial charge on any atom is 0.338 e. The van der Waals surface area contributed by atoms with Crippen molar-refractivity contribution in [1.82, 2.24) is 20.0 Å². The van der Waals surface area contributed by atoms with Crippen molar-refractivity contribution in [3.63, 3.8) is 0 Å². The molecule has 37 heavy (non-hydrogen) atoms. The third-order valence-corrected chi connectivity index (χ3v) is 7.18. The Balaban J connectivity index is 1.59. The van der Waals surface area contributed by atoms with Gasteiger partial charge in [-0.1, -0.05) is 35.3 Å². The van der Waals surface area contributed by atoms with Crippen LogP contribution in [0.3, 0.4) is 0 Å². The van der Waals surface area contributed by atoms with Crippen molar-refractivity contribution >= 4 is 41.1 Å². The average Bonchev–Trinajstić information content (AvgIpc) is 2.87. The number of hydrogen-bond donors (Lipinski definition) is 1. The van der Waals surface area contributed by atoms with E-state index in [1.807, 2.05) is 17.9 Å². The normalized spacial score (nSPS) is 20.6. The average molecular weight is 545 g/mol. The molecular formula is C27H30Cl2N4O4. The van der Waals surface area contributed by atoms with E-state index < -0.39 is 12.0 Å². The van der Waals surface area contributed by atoms with E-state index in [-0.39, 0.29) is 24.6 Å². The molecule has 1 saturated heterocycles. The van der Waals surface area contributed by atoms with Crippen molar-refractivity contribution in [2.24, 2.45) is 0 Å². The first-order chi connectivity index (χ1) is 17.7. The number of hydrogen-bond acceptors (Lipinski definition) is 5. The number of halogens is 2.